The zero-order chi connectivity index (χ0) is 16.0. The lowest BCUT2D eigenvalue weighted by molar-refractivity contribution is 0.475. The molecule has 1 N–H and O–H groups in total. The van der Waals surface area contributed by atoms with Crippen LogP contribution in [0.4, 0.5) is 0 Å². The van der Waals surface area contributed by atoms with Crippen LogP contribution in [0.3, 0.4) is 0 Å². The van der Waals surface area contributed by atoms with Crippen LogP contribution in [0.15, 0.2) is 58.3 Å². The lowest BCUT2D eigenvalue weighted by Crippen LogP contribution is -2.01. The number of hydrogen-bond donors (Lipinski definition) is 1. The minimum absolute atomic E-state index is 0.0568. The summed E-state index contributed by atoms with van der Waals surface area (Å²) in [5, 5.41) is 9.26. The fourth-order valence-corrected chi connectivity index (χ4v) is 3.61. The third kappa shape index (κ3) is 4.10. The van der Waals surface area contributed by atoms with Gasteiger partial charge in [0.2, 0.25) is 9.84 Å². The minimum atomic E-state index is -3.51. The molecule has 0 amide bonds. The van der Waals surface area contributed by atoms with Crippen molar-refractivity contribution in [1.29, 1.82) is 0 Å². The van der Waals surface area contributed by atoms with Crippen molar-refractivity contribution in [1.82, 2.24) is 0 Å². The molecule has 0 heterocycles. The van der Waals surface area contributed by atoms with Gasteiger partial charge in [0.1, 0.15) is 5.75 Å². The average Bonchev–Trinajstić information content (AvgIpc) is 2.52. The molecular weight excluding hydrogens is 296 g/mol. The predicted molar refractivity (Wildman–Crippen MR) is 87.8 cm³/mol. The van der Waals surface area contributed by atoms with Crippen LogP contribution in [0.2, 0.25) is 0 Å². The Balaban J connectivity index is 2.10. The highest BCUT2D eigenvalue weighted by Crippen LogP contribution is 2.23. The largest absolute Gasteiger partial charge is 0.508 e. The van der Waals surface area contributed by atoms with Gasteiger partial charge in [0.15, 0.2) is 0 Å². The van der Waals surface area contributed by atoms with Gasteiger partial charge in [0.05, 0.1) is 9.79 Å². The Hall–Kier alpha value is -1.81. The summed E-state index contributed by atoms with van der Waals surface area (Å²) in [5.41, 5.74) is 1.17. The number of rotatable bonds is 7. The first-order chi connectivity index (χ1) is 10.5. The maximum Gasteiger partial charge on any atom is 0.206 e. The Bertz CT molecular complexity index is 686. The van der Waals surface area contributed by atoms with Crippen LogP contribution in [0.5, 0.6) is 5.75 Å². The summed E-state index contributed by atoms with van der Waals surface area (Å²) in [6, 6.07) is 12.7. The number of benzene rings is 2. The van der Waals surface area contributed by atoms with Crippen molar-refractivity contribution in [3.63, 3.8) is 0 Å². The predicted octanol–water partition coefficient (Wildman–Crippen LogP) is 4.35. The molecule has 0 bridgehead atoms. The molecule has 3 nitrogen and oxygen atoms in total. The monoisotopic (exact) mass is 318 g/mol. The first kappa shape index (κ1) is 16.6. The lowest BCUT2D eigenvalue weighted by Gasteiger charge is -2.06. The molecule has 0 saturated carbocycles. The number of aryl methyl sites for hydroxylation is 1. The highest BCUT2D eigenvalue weighted by molar-refractivity contribution is 7.91. The summed E-state index contributed by atoms with van der Waals surface area (Å²) in [6.07, 6.45) is 5.79. The van der Waals surface area contributed by atoms with Gasteiger partial charge in [-0.2, -0.15) is 0 Å². The second-order valence-electron chi connectivity index (χ2n) is 5.45. The highest BCUT2D eigenvalue weighted by atomic mass is 32.2. The Morgan fingerprint density at radius 2 is 1.36 bits per heavy atom. The number of hydrogen-bond acceptors (Lipinski definition) is 3. The molecule has 0 aliphatic rings. The van der Waals surface area contributed by atoms with E-state index in [2.05, 4.69) is 6.92 Å². The van der Waals surface area contributed by atoms with E-state index in [0.29, 0.717) is 0 Å². The molecule has 2 aromatic rings. The number of sulfone groups is 1. The van der Waals surface area contributed by atoms with Crippen molar-refractivity contribution in [2.45, 2.75) is 48.8 Å². The molecule has 22 heavy (non-hydrogen) atoms. The quantitative estimate of drug-likeness (QED) is 0.772. The van der Waals surface area contributed by atoms with Crippen molar-refractivity contribution in [2.24, 2.45) is 0 Å². The first-order valence-corrected chi connectivity index (χ1v) is 9.15. The van der Waals surface area contributed by atoms with Crippen molar-refractivity contribution in [2.75, 3.05) is 0 Å². The van der Waals surface area contributed by atoms with Gasteiger partial charge < -0.3 is 5.11 Å². The summed E-state index contributed by atoms with van der Waals surface area (Å²) in [5.74, 6) is 0.0568. The third-order valence-electron chi connectivity index (χ3n) is 3.70. The molecule has 0 saturated heterocycles. The van der Waals surface area contributed by atoms with E-state index < -0.39 is 9.84 Å². The number of unbranched alkanes of at least 4 members (excludes halogenated alkanes) is 3. The van der Waals surface area contributed by atoms with E-state index in [1.165, 1.54) is 49.1 Å². The Kier molecular flexibility index (Phi) is 5.61. The van der Waals surface area contributed by atoms with Gasteiger partial charge in [0.25, 0.3) is 0 Å². The maximum absolute atomic E-state index is 12.5. The molecule has 0 unspecified atom stereocenters. The Morgan fingerprint density at radius 1 is 0.818 bits per heavy atom. The van der Waals surface area contributed by atoms with Crippen molar-refractivity contribution in [3.05, 3.63) is 54.1 Å². The van der Waals surface area contributed by atoms with Crippen molar-refractivity contribution in [3.8, 4) is 5.75 Å². The Morgan fingerprint density at radius 3 is 1.91 bits per heavy atom. The molecule has 0 fully saturated rings. The van der Waals surface area contributed by atoms with Gasteiger partial charge in [-0.15, -0.1) is 0 Å². The van der Waals surface area contributed by atoms with Crippen LogP contribution in [0, 0.1) is 0 Å². The molecular formula is C18H22O3S. The molecule has 2 rings (SSSR count). The fraction of sp³-hybridized carbons (Fsp3) is 0.333. The molecule has 0 aromatic heterocycles. The molecule has 4 heteroatoms. The van der Waals surface area contributed by atoms with Gasteiger partial charge in [-0.25, -0.2) is 8.42 Å². The van der Waals surface area contributed by atoms with Crippen molar-refractivity contribution >= 4 is 9.84 Å². The zero-order valence-electron chi connectivity index (χ0n) is 12.8. The standard InChI is InChI=1S/C18H22O3S/c1-2-3-4-5-6-15-7-11-17(12-8-15)22(20,21)18-13-9-16(19)10-14-18/h7-14,19H,2-6H2,1H3. The van der Waals surface area contributed by atoms with Crippen LogP contribution >= 0.6 is 0 Å². The number of phenolic OH excluding ortho intramolecular Hbond substituents is 1. The zero-order valence-corrected chi connectivity index (χ0v) is 13.6. The topological polar surface area (TPSA) is 54.4 Å². The summed E-state index contributed by atoms with van der Waals surface area (Å²) in [6.45, 7) is 2.18. The molecule has 2 aromatic carbocycles. The Labute approximate surface area is 132 Å². The SMILES string of the molecule is CCCCCCc1ccc(S(=O)(=O)c2ccc(O)cc2)cc1. The van der Waals surface area contributed by atoms with Crippen LogP contribution in [-0.2, 0) is 16.3 Å². The normalized spacial score (nSPS) is 11.5. The van der Waals surface area contributed by atoms with E-state index in [-0.39, 0.29) is 15.5 Å². The summed E-state index contributed by atoms with van der Waals surface area (Å²) < 4.78 is 24.9. The van der Waals surface area contributed by atoms with Gasteiger partial charge in [-0.3, -0.25) is 0 Å². The number of phenols is 1. The van der Waals surface area contributed by atoms with E-state index in [1.54, 1.807) is 12.1 Å². The fourth-order valence-electron chi connectivity index (χ4n) is 2.35. The maximum atomic E-state index is 12.5. The van der Waals surface area contributed by atoms with Crippen LogP contribution < -0.4 is 0 Å². The minimum Gasteiger partial charge on any atom is -0.508 e. The molecule has 0 spiro atoms. The molecule has 0 aliphatic heterocycles. The van der Waals surface area contributed by atoms with E-state index in [4.69, 9.17) is 0 Å². The average molecular weight is 318 g/mol. The van der Waals surface area contributed by atoms with Crippen LogP contribution in [0.1, 0.15) is 38.2 Å². The van der Waals surface area contributed by atoms with E-state index in [0.717, 1.165) is 12.8 Å². The van der Waals surface area contributed by atoms with E-state index in [9.17, 15) is 13.5 Å². The van der Waals surface area contributed by atoms with Gasteiger partial charge >= 0.3 is 0 Å². The molecule has 118 valence electrons. The third-order valence-corrected chi connectivity index (χ3v) is 5.49. The molecule has 0 atom stereocenters. The van der Waals surface area contributed by atoms with E-state index >= 15 is 0 Å². The smallest absolute Gasteiger partial charge is 0.206 e. The van der Waals surface area contributed by atoms with Gasteiger partial charge in [0, 0.05) is 0 Å². The van der Waals surface area contributed by atoms with Crippen LogP contribution in [0.25, 0.3) is 0 Å². The summed E-state index contributed by atoms with van der Waals surface area (Å²) in [7, 11) is -3.51. The second kappa shape index (κ2) is 7.45. The van der Waals surface area contributed by atoms with Crippen LogP contribution in [-0.4, -0.2) is 13.5 Å². The highest BCUT2D eigenvalue weighted by Gasteiger charge is 2.17. The van der Waals surface area contributed by atoms with E-state index in [1.807, 2.05) is 12.1 Å². The number of aromatic hydroxyl groups is 1. The summed E-state index contributed by atoms with van der Waals surface area (Å²) in [4.78, 5) is 0.483. The van der Waals surface area contributed by atoms with Gasteiger partial charge in [-0.1, -0.05) is 38.3 Å². The summed E-state index contributed by atoms with van der Waals surface area (Å²) >= 11 is 0. The first-order valence-electron chi connectivity index (χ1n) is 7.67. The van der Waals surface area contributed by atoms with Gasteiger partial charge in [-0.05, 0) is 54.8 Å². The lowest BCUT2D eigenvalue weighted by atomic mass is 10.1. The molecule has 0 aliphatic carbocycles. The van der Waals surface area contributed by atoms with Crippen molar-refractivity contribution < 1.29 is 13.5 Å². The second-order valence-corrected chi connectivity index (χ2v) is 7.40. The molecule has 0 radical (unpaired) electrons.